The van der Waals surface area contributed by atoms with Crippen molar-refractivity contribution in [2.75, 3.05) is 13.1 Å². The maximum Gasteiger partial charge on any atom is 0.410 e. The molecule has 0 spiro atoms. The van der Waals surface area contributed by atoms with Gasteiger partial charge in [-0.2, -0.15) is 0 Å². The van der Waals surface area contributed by atoms with E-state index in [1.165, 1.54) is 4.90 Å². The van der Waals surface area contributed by atoms with E-state index in [-0.39, 0.29) is 12.6 Å². The summed E-state index contributed by atoms with van der Waals surface area (Å²) in [6.07, 6.45) is -0.104. The molecular weight excluding hydrogens is 224 g/mol. The molecule has 3 N–H and O–H groups in total. The van der Waals surface area contributed by atoms with Crippen molar-refractivity contribution in [3.05, 3.63) is 0 Å². The van der Waals surface area contributed by atoms with Gasteiger partial charge < -0.3 is 20.5 Å². The predicted octanol–water partition coefficient (Wildman–Crippen LogP) is 0.655. The van der Waals surface area contributed by atoms with Gasteiger partial charge in [0.1, 0.15) is 5.60 Å². The Morgan fingerprint density at radius 2 is 1.94 bits per heavy atom. The highest BCUT2D eigenvalue weighted by atomic mass is 16.6. The van der Waals surface area contributed by atoms with Crippen molar-refractivity contribution >= 4 is 12.1 Å². The number of nitrogens with two attached hydrogens (primary N) is 1. The van der Waals surface area contributed by atoms with Gasteiger partial charge in [-0.15, -0.1) is 0 Å². The Bertz CT molecular complexity index is 311. The summed E-state index contributed by atoms with van der Waals surface area (Å²) in [6.45, 7) is 5.81. The molecule has 1 aliphatic rings. The standard InChI is InChI=1S/C11H20N2O4/c1-11(2,3)17-10(16)13-5-7(9(14)15)4-8(12)6-13/h7-8H,4-6,12H2,1-3H3,(H,14,15)/t7-,8+/m0/s1. The third-order valence-corrected chi connectivity index (χ3v) is 2.48. The third-order valence-electron chi connectivity index (χ3n) is 2.48. The lowest BCUT2D eigenvalue weighted by molar-refractivity contribution is -0.143. The van der Waals surface area contributed by atoms with Crippen LogP contribution in [0.5, 0.6) is 0 Å². The zero-order valence-corrected chi connectivity index (χ0v) is 10.5. The van der Waals surface area contributed by atoms with E-state index < -0.39 is 23.6 Å². The van der Waals surface area contributed by atoms with Crippen LogP contribution in [-0.2, 0) is 9.53 Å². The van der Waals surface area contributed by atoms with Gasteiger partial charge in [0, 0.05) is 19.1 Å². The fourth-order valence-corrected chi connectivity index (χ4v) is 1.79. The number of carboxylic acids is 1. The Hall–Kier alpha value is -1.30. The second-order valence-electron chi connectivity index (χ2n) is 5.42. The van der Waals surface area contributed by atoms with Crippen LogP contribution in [0.1, 0.15) is 27.2 Å². The summed E-state index contributed by atoms with van der Waals surface area (Å²) in [4.78, 5) is 24.1. The number of rotatable bonds is 1. The van der Waals surface area contributed by atoms with Gasteiger partial charge in [0.2, 0.25) is 0 Å². The largest absolute Gasteiger partial charge is 0.481 e. The Morgan fingerprint density at radius 1 is 1.35 bits per heavy atom. The number of amides is 1. The summed E-state index contributed by atoms with van der Waals surface area (Å²) in [7, 11) is 0. The first-order valence-corrected chi connectivity index (χ1v) is 5.65. The van der Waals surface area contributed by atoms with Crippen LogP contribution in [-0.4, -0.2) is 46.8 Å². The SMILES string of the molecule is CC(C)(C)OC(=O)N1C[C@H](N)C[C@H](C(=O)O)C1. The van der Waals surface area contributed by atoms with Crippen LogP contribution in [0.4, 0.5) is 4.79 Å². The number of carbonyl (C=O) groups is 2. The topological polar surface area (TPSA) is 92.9 Å². The normalized spacial score (nSPS) is 25.5. The van der Waals surface area contributed by atoms with Gasteiger partial charge in [0.15, 0.2) is 0 Å². The van der Waals surface area contributed by atoms with Crippen molar-refractivity contribution in [3.63, 3.8) is 0 Å². The van der Waals surface area contributed by atoms with Crippen LogP contribution < -0.4 is 5.73 Å². The number of carbonyl (C=O) groups excluding carboxylic acids is 1. The molecule has 6 nitrogen and oxygen atoms in total. The van der Waals surface area contributed by atoms with Crippen molar-refractivity contribution in [1.29, 1.82) is 0 Å². The summed E-state index contributed by atoms with van der Waals surface area (Å²) in [5.41, 5.74) is 5.16. The van der Waals surface area contributed by atoms with Crippen LogP contribution >= 0.6 is 0 Å². The molecule has 0 aromatic carbocycles. The summed E-state index contributed by atoms with van der Waals surface area (Å²) in [5, 5.41) is 8.95. The Morgan fingerprint density at radius 3 is 2.41 bits per heavy atom. The number of ether oxygens (including phenoxy) is 1. The highest BCUT2D eigenvalue weighted by Crippen LogP contribution is 2.18. The van der Waals surface area contributed by atoms with Gasteiger partial charge in [-0.05, 0) is 27.2 Å². The zero-order chi connectivity index (χ0) is 13.2. The average molecular weight is 244 g/mol. The smallest absolute Gasteiger partial charge is 0.410 e. The Labute approximate surface area is 101 Å². The van der Waals surface area contributed by atoms with Crippen LogP contribution in [0.25, 0.3) is 0 Å². The predicted molar refractivity (Wildman–Crippen MR) is 61.5 cm³/mol. The van der Waals surface area contributed by atoms with Gasteiger partial charge in [-0.3, -0.25) is 4.79 Å². The molecule has 98 valence electrons. The summed E-state index contributed by atoms with van der Waals surface area (Å²) in [6, 6.07) is -0.308. The fourth-order valence-electron chi connectivity index (χ4n) is 1.79. The molecule has 0 radical (unpaired) electrons. The monoisotopic (exact) mass is 244 g/mol. The molecule has 1 aliphatic heterocycles. The molecule has 0 unspecified atom stereocenters. The lowest BCUT2D eigenvalue weighted by Crippen LogP contribution is -2.52. The maximum atomic E-state index is 11.8. The molecule has 1 saturated heterocycles. The molecule has 1 fully saturated rings. The van der Waals surface area contributed by atoms with Gasteiger partial charge in [-0.25, -0.2) is 4.79 Å². The first-order valence-electron chi connectivity index (χ1n) is 5.65. The number of likely N-dealkylation sites (tertiary alicyclic amines) is 1. The quantitative estimate of drug-likeness (QED) is 0.706. The molecule has 0 bridgehead atoms. The van der Waals surface area contributed by atoms with Gasteiger partial charge in [0.05, 0.1) is 5.92 Å². The highest BCUT2D eigenvalue weighted by Gasteiger charge is 2.34. The van der Waals surface area contributed by atoms with E-state index in [9.17, 15) is 9.59 Å². The lowest BCUT2D eigenvalue weighted by Gasteiger charge is -2.35. The van der Waals surface area contributed by atoms with E-state index in [4.69, 9.17) is 15.6 Å². The number of aliphatic carboxylic acids is 1. The average Bonchev–Trinajstić information content (AvgIpc) is 2.13. The number of piperidine rings is 1. The minimum Gasteiger partial charge on any atom is -0.481 e. The fraction of sp³-hybridized carbons (Fsp3) is 0.818. The number of nitrogens with zero attached hydrogens (tertiary/aromatic N) is 1. The van der Waals surface area contributed by atoms with Gasteiger partial charge in [-0.1, -0.05) is 0 Å². The van der Waals surface area contributed by atoms with E-state index in [0.717, 1.165) is 0 Å². The van der Waals surface area contributed by atoms with Crippen molar-refractivity contribution in [2.24, 2.45) is 11.7 Å². The van der Waals surface area contributed by atoms with E-state index in [1.54, 1.807) is 20.8 Å². The molecule has 1 heterocycles. The van der Waals surface area contributed by atoms with Gasteiger partial charge >= 0.3 is 12.1 Å². The van der Waals surface area contributed by atoms with E-state index in [0.29, 0.717) is 13.0 Å². The summed E-state index contributed by atoms with van der Waals surface area (Å²) in [5.74, 6) is -1.53. The molecule has 0 aromatic rings. The number of hydrogen-bond donors (Lipinski definition) is 2. The Kier molecular flexibility index (Phi) is 3.98. The Balaban J connectivity index is 2.64. The molecule has 2 atom stereocenters. The molecular formula is C11H20N2O4. The molecule has 0 aromatic heterocycles. The molecule has 6 heteroatoms. The number of carboxylic acid groups (broad SMARTS) is 1. The molecule has 1 rings (SSSR count). The molecule has 1 amide bonds. The highest BCUT2D eigenvalue weighted by molar-refractivity contribution is 5.73. The van der Waals surface area contributed by atoms with Crippen molar-refractivity contribution < 1.29 is 19.4 Å². The molecule has 17 heavy (non-hydrogen) atoms. The minimum atomic E-state index is -0.922. The van der Waals surface area contributed by atoms with Crippen molar-refractivity contribution in [1.82, 2.24) is 4.90 Å². The second-order valence-corrected chi connectivity index (χ2v) is 5.42. The zero-order valence-electron chi connectivity index (χ0n) is 10.5. The number of hydrogen-bond acceptors (Lipinski definition) is 4. The molecule has 0 saturated carbocycles. The van der Waals surface area contributed by atoms with Crippen LogP contribution in [0.2, 0.25) is 0 Å². The lowest BCUT2D eigenvalue weighted by atomic mass is 9.95. The van der Waals surface area contributed by atoms with Crippen LogP contribution in [0, 0.1) is 5.92 Å². The summed E-state index contributed by atoms with van der Waals surface area (Å²) >= 11 is 0. The van der Waals surface area contributed by atoms with Gasteiger partial charge in [0.25, 0.3) is 0 Å². The minimum absolute atomic E-state index is 0.165. The third kappa shape index (κ3) is 4.22. The second kappa shape index (κ2) is 4.91. The van der Waals surface area contributed by atoms with Crippen molar-refractivity contribution in [3.8, 4) is 0 Å². The van der Waals surface area contributed by atoms with E-state index in [2.05, 4.69) is 0 Å². The first-order chi connectivity index (χ1) is 7.69. The van der Waals surface area contributed by atoms with E-state index in [1.807, 2.05) is 0 Å². The maximum absolute atomic E-state index is 11.8. The van der Waals surface area contributed by atoms with Crippen molar-refractivity contribution in [2.45, 2.75) is 38.8 Å². The summed E-state index contributed by atoms with van der Waals surface area (Å²) < 4.78 is 5.19. The van der Waals surface area contributed by atoms with E-state index >= 15 is 0 Å². The first kappa shape index (κ1) is 13.8. The molecule has 0 aliphatic carbocycles. The van der Waals surface area contributed by atoms with Crippen LogP contribution in [0.3, 0.4) is 0 Å². The van der Waals surface area contributed by atoms with Crippen LogP contribution in [0.15, 0.2) is 0 Å².